The molecule has 0 bridgehead atoms. The van der Waals surface area contributed by atoms with Crippen LogP contribution in [0.5, 0.6) is 0 Å². The molecule has 2 aliphatic rings. The summed E-state index contributed by atoms with van der Waals surface area (Å²) in [5.41, 5.74) is 2.91. The molecule has 1 nitrogen and oxygen atoms in total. The highest BCUT2D eigenvalue weighted by Gasteiger charge is 2.31. The van der Waals surface area contributed by atoms with Gasteiger partial charge in [0.1, 0.15) is 0 Å². The lowest BCUT2D eigenvalue weighted by Gasteiger charge is -2.24. The number of hydrogen-bond acceptors (Lipinski definition) is 1. The Bertz CT molecular complexity index is 901. The van der Waals surface area contributed by atoms with E-state index >= 15 is 0 Å². The third-order valence-electron chi connectivity index (χ3n) is 4.57. The number of carbonyl (C=O) groups excluding carboxylic acids is 1. The van der Waals surface area contributed by atoms with Crippen LogP contribution in [-0.2, 0) is 6.18 Å². The molecule has 0 unspecified atom stereocenters. The molecule has 0 N–H and O–H groups in total. The third kappa shape index (κ3) is 2.21. The zero-order valence-electron chi connectivity index (χ0n) is 12.2. The molecule has 0 spiro atoms. The van der Waals surface area contributed by atoms with Crippen LogP contribution in [0.3, 0.4) is 0 Å². The fourth-order valence-electron chi connectivity index (χ4n) is 3.49. The van der Waals surface area contributed by atoms with E-state index in [0.717, 1.165) is 41.7 Å². The highest BCUT2D eigenvalue weighted by molar-refractivity contribution is 6.16. The molecule has 0 radical (unpaired) electrons. The fraction of sp³-hybridized carbons (Fsp3) is 0.211. The van der Waals surface area contributed by atoms with Gasteiger partial charge in [-0.3, -0.25) is 4.79 Å². The Morgan fingerprint density at radius 1 is 1.04 bits per heavy atom. The summed E-state index contributed by atoms with van der Waals surface area (Å²) in [5.74, 6) is -0.000548. The molecule has 23 heavy (non-hydrogen) atoms. The first-order valence-corrected chi connectivity index (χ1v) is 7.51. The highest BCUT2D eigenvalue weighted by atomic mass is 19.4. The minimum absolute atomic E-state index is 0.000548. The minimum atomic E-state index is -4.38. The molecule has 0 atom stereocenters. The summed E-state index contributed by atoms with van der Waals surface area (Å²) < 4.78 is 38.6. The van der Waals surface area contributed by atoms with Crippen molar-refractivity contribution in [2.24, 2.45) is 0 Å². The largest absolute Gasteiger partial charge is 0.416 e. The van der Waals surface area contributed by atoms with Gasteiger partial charge < -0.3 is 0 Å². The summed E-state index contributed by atoms with van der Waals surface area (Å²) in [6.45, 7) is 0. The SMILES string of the molecule is O=C1CC2=C(C=CCC2)c2ccc3cc(C(F)(F)F)ccc3c21. The van der Waals surface area contributed by atoms with Gasteiger partial charge in [0.15, 0.2) is 5.78 Å². The third-order valence-corrected chi connectivity index (χ3v) is 4.57. The second-order valence-electron chi connectivity index (χ2n) is 5.98. The van der Waals surface area contributed by atoms with Gasteiger partial charge in [0.25, 0.3) is 0 Å². The lowest BCUT2D eigenvalue weighted by Crippen LogP contribution is -2.14. The number of carbonyl (C=O) groups is 1. The van der Waals surface area contributed by atoms with Gasteiger partial charge in [0, 0.05) is 12.0 Å². The van der Waals surface area contributed by atoms with Gasteiger partial charge in [-0.25, -0.2) is 0 Å². The first-order chi connectivity index (χ1) is 10.9. The van der Waals surface area contributed by atoms with E-state index in [4.69, 9.17) is 0 Å². The van der Waals surface area contributed by atoms with Crippen LogP contribution in [0.4, 0.5) is 13.2 Å². The number of rotatable bonds is 0. The Labute approximate surface area is 131 Å². The van der Waals surface area contributed by atoms with Crippen molar-refractivity contribution in [2.75, 3.05) is 0 Å². The molecular formula is C19H13F3O. The van der Waals surface area contributed by atoms with E-state index in [1.54, 1.807) is 12.1 Å². The van der Waals surface area contributed by atoms with Gasteiger partial charge in [-0.2, -0.15) is 13.2 Å². The smallest absolute Gasteiger partial charge is 0.294 e. The molecule has 0 saturated heterocycles. The molecule has 0 saturated carbocycles. The molecule has 2 aromatic carbocycles. The molecule has 0 fully saturated rings. The molecule has 0 heterocycles. The van der Waals surface area contributed by atoms with E-state index < -0.39 is 11.7 Å². The lowest BCUT2D eigenvalue weighted by molar-refractivity contribution is -0.137. The van der Waals surface area contributed by atoms with E-state index in [1.165, 1.54) is 6.07 Å². The van der Waals surface area contributed by atoms with Crippen molar-refractivity contribution in [3.63, 3.8) is 0 Å². The van der Waals surface area contributed by atoms with E-state index in [0.29, 0.717) is 22.8 Å². The summed E-state index contributed by atoms with van der Waals surface area (Å²) in [5, 5.41) is 1.06. The highest BCUT2D eigenvalue weighted by Crippen LogP contribution is 2.41. The van der Waals surface area contributed by atoms with E-state index in [1.807, 2.05) is 6.08 Å². The first-order valence-electron chi connectivity index (χ1n) is 7.51. The maximum atomic E-state index is 12.9. The van der Waals surface area contributed by atoms with Crippen LogP contribution in [0.15, 0.2) is 48.1 Å². The van der Waals surface area contributed by atoms with Crippen LogP contribution in [0, 0.1) is 0 Å². The molecule has 0 aromatic heterocycles. The Hall–Kier alpha value is -2.36. The molecule has 2 aliphatic carbocycles. The van der Waals surface area contributed by atoms with Crippen LogP contribution in [0.2, 0.25) is 0 Å². The van der Waals surface area contributed by atoms with Gasteiger partial charge in [0.05, 0.1) is 5.56 Å². The molecule has 4 rings (SSSR count). The quantitative estimate of drug-likeness (QED) is 0.623. The van der Waals surface area contributed by atoms with Gasteiger partial charge >= 0.3 is 6.18 Å². The van der Waals surface area contributed by atoms with E-state index in [-0.39, 0.29) is 5.78 Å². The predicted octanol–water partition coefficient (Wildman–Crippen LogP) is 5.55. The number of fused-ring (bicyclic) bond motifs is 4. The van der Waals surface area contributed by atoms with Gasteiger partial charge in [-0.05, 0) is 46.9 Å². The van der Waals surface area contributed by atoms with Crippen molar-refractivity contribution in [3.05, 3.63) is 64.7 Å². The number of alkyl halides is 3. The summed E-state index contributed by atoms with van der Waals surface area (Å²) in [6, 6.07) is 7.04. The number of halogens is 3. The number of ketones is 1. The molecule has 4 heteroatoms. The molecule has 0 amide bonds. The Balaban J connectivity index is 1.98. The van der Waals surface area contributed by atoms with E-state index in [9.17, 15) is 18.0 Å². The summed E-state index contributed by atoms with van der Waals surface area (Å²) in [7, 11) is 0. The average Bonchev–Trinajstić information content (AvgIpc) is 2.53. The summed E-state index contributed by atoms with van der Waals surface area (Å²) in [6.07, 6.45) is 1.91. The molecule has 0 aliphatic heterocycles. The number of hydrogen-bond donors (Lipinski definition) is 0. The van der Waals surface area contributed by atoms with Gasteiger partial charge in [-0.1, -0.05) is 35.9 Å². The second kappa shape index (κ2) is 4.82. The maximum absolute atomic E-state index is 12.9. The zero-order valence-corrected chi connectivity index (χ0v) is 12.2. The first kappa shape index (κ1) is 14.2. The van der Waals surface area contributed by atoms with Crippen molar-refractivity contribution in [1.82, 2.24) is 0 Å². The van der Waals surface area contributed by atoms with Crippen LogP contribution in [0.25, 0.3) is 16.3 Å². The second-order valence-corrected chi connectivity index (χ2v) is 5.98. The zero-order chi connectivity index (χ0) is 16.2. The fourth-order valence-corrected chi connectivity index (χ4v) is 3.49. The van der Waals surface area contributed by atoms with E-state index in [2.05, 4.69) is 6.08 Å². The lowest BCUT2D eigenvalue weighted by atomic mass is 9.79. The van der Waals surface area contributed by atoms with Gasteiger partial charge in [-0.15, -0.1) is 0 Å². The van der Waals surface area contributed by atoms with Crippen LogP contribution in [0.1, 0.15) is 40.7 Å². The molecular weight excluding hydrogens is 301 g/mol. The predicted molar refractivity (Wildman–Crippen MR) is 83.2 cm³/mol. The molecule has 116 valence electrons. The standard InChI is InChI=1S/C19H13F3O/c20-19(21,22)13-6-8-15-12(9-13)5-7-16-14-4-2-1-3-11(14)10-17(23)18(15)16/h2,4-9H,1,3,10H2. The average molecular weight is 314 g/mol. The minimum Gasteiger partial charge on any atom is -0.294 e. The number of allylic oxidation sites excluding steroid dienone is 4. The Morgan fingerprint density at radius 2 is 1.87 bits per heavy atom. The van der Waals surface area contributed by atoms with Crippen molar-refractivity contribution < 1.29 is 18.0 Å². The van der Waals surface area contributed by atoms with Crippen LogP contribution >= 0.6 is 0 Å². The number of benzene rings is 2. The Morgan fingerprint density at radius 3 is 2.65 bits per heavy atom. The number of Topliss-reactive ketones (excluding diaryl/α,β-unsaturated/α-hetero) is 1. The summed E-state index contributed by atoms with van der Waals surface area (Å²) >= 11 is 0. The monoisotopic (exact) mass is 314 g/mol. The normalized spacial score (nSPS) is 17.4. The van der Waals surface area contributed by atoms with Crippen molar-refractivity contribution in [3.8, 4) is 0 Å². The summed E-state index contributed by atoms with van der Waals surface area (Å²) in [4.78, 5) is 12.6. The van der Waals surface area contributed by atoms with Crippen LogP contribution < -0.4 is 0 Å². The van der Waals surface area contributed by atoms with Crippen molar-refractivity contribution >= 4 is 22.1 Å². The van der Waals surface area contributed by atoms with Crippen molar-refractivity contribution in [1.29, 1.82) is 0 Å². The van der Waals surface area contributed by atoms with Crippen LogP contribution in [-0.4, -0.2) is 5.78 Å². The van der Waals surface area contributed by atoms with Crippen molar-refractivity contribution in [2.45, 2.75) is 25.4 Å². The molecule has 2 aromatic rings. The topological polar surface area (TPSA) is 17.1 Å². The maximum Gasteiger partial charge on any atom is 0.416 e. The van der Waals surface area contributed by atoms with Gasteiger partial charge in [0.2, 0.25) is 0 Å². The Kier molecular flexibility index (Phi) is 2.98.